The number of fused-ring (bicyclic) bond motifs is 1. The molecule has 0 aromatic carbocycles. The van der Waals surface area contributed by atoms with Gasteiger partial charge in [-0.25, -0.2) is 9.97 Å². The number of unbranched alkanes of at least 4 members (excludes halogenated alkanes) is 2. The van der Waals surface area contributed by atoms with Crippen LogP contribution in [-0.4, -0.2) is 77.8 Å². The first-order valence-corrected chi connectivity index (χ1v) is 10.7. The summed E-state index contributed by atoms with van der Waals surface area (Å²) in [5.74, 6) is 1.77. The predicted octanol–water partition coefficient (Wildman–Crippen LogP) is 1.71. The molecule has 8 heteroatoms. The fourth-order valence-electron chi connectivity index (χ4n) is 3.95. The first kappa shape index (κ1) is 20.8. The molecule has 1 atom stereocenters. The number of rotatable bonds is 9. The maximum atomic E-state index is 13.2. The van der Waals surface area contributed by atoms with Crippen LogP contribution in [0.1, 0.15) is 46.0 Å². The molecular formula is C20H34N6O2. The van der Waals surface area contributed by atoms with Crippen LogP contribution < -0.4 is 15.1 Å². The number of carbonyl (C=O) groups is 1. The molecule has 1 aromatic heterocycles. The van der Waals surface area contributed by atoms with Gasteiger partial charge in [-0.2, -0.15) is 0 Å². The van der Waals surface area contributed by atoms with Crippen LogP contribution >= 0.6 is 0 Å². The van der Waals surface area contributed by atoms with Gasteiger partial charge in [0.05, 0.1) is 6.61 Å². The maximum absolute atomic E-state index is 13.2. The summed E-state index contributed by atoms with van der Waals surface area (Å²) in [6.07, 6.45) is 6.52. The minimum Gasteiger partial charge on any atom is -0.395 e. The van der Waals surface area contributed by atoms with Crippen molar-refractivity contribution in [1.29, 1.82) is 0 Å². The van der Waals surface area contributed by atoms with Crippen molar-refractivity contribution in [3.05, 3.63) is 6.33 Å². The molecule has 8 nitrogen and oxygen atoms in total. The fourth-order valence-corrected chi connectivity index (χ4v) is 3.95. The number of hydrogen-bond acceptors (Lipinski definition) is 7. The van der Waals surface area contributed by atoms with Gasteiger partial charge in [-0.3, -0.25) is 9.69 Å². The third-order valence-corrected chi connectivity index (χ3v) is 5.62. The highest BCUT2D eigenvalue weighted by atomic mass is 16.3. The zero-order chi connectivity index (χ0) is 19.9. The molecular weight excluding hydrogens is 356 g/mol. The van der Waals surface area contributed by atoms with E-state index in [1.54, 1.807) is 6.33 Å². The summed E-state index contributed by atoms with van der Waals surface area (Å²) >= 11 is 0. The summed E-state index contributed by atoms with van der Waals surface area (Å²) in [6.45, 7) is 9.32. The number of hydrogen-bond donors (Lipinski definition) is 2. The molecule has 2 aliphatic heterocycles. The Hall–Kier alpha value is -1.93. The lowest BCUT2D eigenvalue weighted by molar-refractivity contribution is -0.119. The van der Waals surface area contributed by atoms with Crippen LogP contribution in [0.5, 0.6) is 0 Å². The van der Waals surface area contributed by atoms with E-state index in [9.17, 15) is 4.79 Å². The van der Waals surface area contributed by atoms with Gasteiger partial charge >= 0.3 is 0 Å². The highest BCUT2D eigenvalue weighted by molar-refractivity contribution is 6.06. The molecule has 0 saturated carbocycles. The summed E-state index contributed by atoms with van der Waals surface area (Å²) in [4.78, 5) is 28.7. The molecule has 156 valence electrons. The molecule has 1 saturated heterocycles. The lowest BCUT2D eigenvalue weighted by atomic mass is 10.0. The SMILES string of the molecule is CCCC[C@@H]1Nc2ncnc(N3CCN(CCO)CC3)c2N(CCCC)C1=O. The molecule has 1 fully saturated rings. The molecule has 0 bridgehead atoms. The van der Waals surface area contributed by atoms with E-state index in [0.29, 0.717) is 13.1 Å². The molecule has 2 N–H and O–H groups in total. The normalized spacial score (nSPS) is 20.2. The van der Waals surface area contributed by atoms with Crippen LogP contribution in [0, 0.1) is 0 Å². The van der Waals surface area contributed by atoms with Gasteiger partial charge in [-0.1, -0.05) is 33.1 Å². The van der Waals surface area contributed by atoms with Gasteiger partial charge in [0, 0.05) is 39.3 Å². The van der Waals surface area contributed by atoms with E-state index < -0.39 is 0 Å². The third-order valence-electron chi connectivity index (χ3n) is 5.62. The molecule has 3 rings (SSSR count). The Bertz CT molecular complexity index is 648. The van der Waals surface area contributed by atoms with Gasteiger partial charge in [-0.05, 0) is 12.8 Å². The van der Waals surface area contributed by atoms with E-state index >= 15 is 0 Å². The van der Waals surface area contributed by atoms with Crippen molar-refractivity contribution in [2.45, 2.75) is 52.0 Å². The van der Waals surface area contributed by atoms with Crippen molar-refractivity contribution >= 4 is 23.2 Å². The number of nitrogens with one attached hydrogen (secondary N) is 1. The molecule has 1 aromatic rings. The average Bonchev–Trinajstić information content (AvgIpc) is 2.72. The second-order valence-electron chi connectivity index (χ2n) is 7.63. The number of β-amino-alcohol motifs (C(OH)–C–C–N with tert-alkyl or cyclic N) is 1. The van der Waals surface area contributed by atoms with Crippen molar-refractivity contribution in [2.75, 3.05) is 61.0 Å². The molecule has 0 unspecified atom stereocenters. The Labute approximate surface area is 167 Å². The Morgan fingerprint density at radius 1 is 1.11 bits per heavy atom. The largest absolute Gasteiger partial charge is 0.395 e. The van der Waals surface area contributed by atoms with Gasteiger partial charge in [0.1, 0.15) is 18.1 Å². The highest BCUT2D eigenvalue weighted by Crippen LogP contribution is 2.38. The minimum atomic E-state index is -0.201. The van der Waals surface area contributed by atoms with Crippen LogP contribution in [0.15, 0.2) is 6.33 Å². The molecule has 2 aliphatic rings. The summed E-state index contributed by atoms with van der Waals surface area (Å²) < 4.78 is 0. The smallest absolute Gasteiger partial charge is 0.249 e. The van der Waals surface area contributed by atoms with E-state index in [1.165, 1.54) is 0 Å². The number of aliphatic hydroxyl groups is 1. The second-order valence-corrected chi connectivity index (χ2v) is 7.63. The van der Waals surface area contributed by atoms with Crippen LogP contribution in [0.25, 0.3) is 0 Å². The number of nitrogens with zero attached hydrogens (tertiary/aromatic N) is 5. The number of aliphatic hydroxyl groups excluding tert-OH is 1. The number of piperazine rings is 1. The zero-order valence-corrected chi connectivity index (χ0v) is 17.2. The monoisotopic (exact) mass is 390 g/mol. The van der Waals surface area contributed by atoms with Crippen LogP contribution in [0.4, 0.5) is 17.3 Å². The van der Waals surface area contributed by atoms with E-state index in [2.05, 4.69) is 38.9 Å². The number of carbonyl (C=O) groups excluding carboxylic acids is 1. The van der Waals surface area contributed by atoms with Crippen molar-refractivity contribution in [2.24, 2.45) is 0 Å². The highest BCUT2D eigenvalue weighted by Gasteiger charge is 2.36. The third kappa shape index (κ3) is 4.55. The van der Waals surface area contributed by atoms with Crippen molar-refractivity contribution in [1.82, 2.24) is 14.9 Å². The summed E-state index contributed by atoms with van der Waals surface area (Å²) in [5.41, 5.74) is 0.837. The number of amides is 1. The molecule has 3 heterocycles. The van der Waals surface area contributed by atoms with E-state index in [1.807, 2.05) is 4.90 Å². The van der Waals surface area contributed by atoms with E-state index in [0.717, 1.165) is 75.6 Å². The zero-order valence-electron chi connectivity index (χ0n) is 17.2. The van der Waals surface area contributed by atoms with Gasteiger partial charge in [0.2, 0.25) is 5.91 Å². The summed E-state index contributed by atoms with van der Waals surface area (Å²) in [7, 11) is 0. The van der Waals surface area contributed by atoms with Gasteiger partial charge < -0.3 is 20.2 Å². The number of anilines is 3. The van der Waals surface area contributed by atoms with Crippen LogP contribution in [0.3, 0.4) is 0 Å². The Balaban J connectivity index is 1.86. The molecule has 0 aliphatic carbocycles. The fraction of sp³-hybridized carbons (Fsp3) is 0.750. The first-order chi connectivity index (χ1) is 13.7. The average molecular weight is 391 g/mol. The minimum absolute atomic E-state index is 0.143. The standard InChI is InChI=1S/C20H34N6O2/c1-3-5-7-16-20(28)26(8-6-4-2)17-18(23-16)21-15-22-19(17)25-11-9-24(10-12-25)13-14-27/h15-16,27H,3-14H2,1-2H3,(H,21,22,23)/t16-/m0/s1. The van der Waals surface area contributed by atoms with Gasteiger partial charge in [0.25, 0.3) is 0 Å². The van der Waals surface area contributed by atoms with Crippen molar-refractivity contribution in [3.63, 3.8) is 0 Å². The second kappa shape index (κ2) is 10.0. The Morgan fingerprint density at radius 2 is 1.86 bits per heavy atom. The molecule has 1 amide bonds. The topological polar surface area (TPSA) is 84.8 Å². The van der Waals surface area contributed by atoms with Crippen LogP contribution in [-0.2, 0) is 4.79 Å². The molecule has 28 heavy (non-hydrogen) atoms. The Kier molecular flexibility index (Phi) is 7.44. The van der Waals surface area contributed by atoms with Crippen molar-refractivity contribution in [3.8, 4) is 0 Å². The van der Waals surface area contributed by atoms with E-state index in [-0.39, 0.29) is 18.6 Å². The summed E-state index contributed by atoms with van der Waals surface area (Å²) in [6, 6.07) is -0.201. The number of aromatic nitrogens is 2. The molecule has 0 spiro atoms. The summed E-state index contributed by atoms with van der Waals surface area (Å²) in [5, 5.41) is 12.5. The van der Waals surface area contributed by atoms with Gasteiger partial charge in [0.15, 0.2) is 11.6 Å². The Morgan fingerprint density at radius 3 is 2.54 bits per heavy atom. The van der Waals surface area contributed by atoms with Gasteiger partial charge in [-0.15, -0.1) is 0 Å². The lowest BCUT2D eigenvalue weighted by Gasteiger charge is -2.40. The van der Waals surface area contributed by atoms with Crippen molar-refractivity contribution < 1.29 is 9.90 Å². The van der Waals surface area contributed by atoms with E-state index in [4.69, 9.17) is 5.11 Å². The van der Waals surface area contributed by atoms with Crippen LogP contribution in [0.2, 0.25) is 0 Å². The lowest BCUT2D eigenvalue weighted by Crippen LogP contribution is -2.51. The first-order valence-electron chi connectivity index (χ1n) is 10.7. The quantitative estimate of drug-likeness (QED) is 0.664. The predicted molar refractivity (Wildman–Crippen MR) is 112 cm³/mol. The molecule has 0 radical (unpaired) electrons. The maximum Gasteiger partial charge on any atom is 0.249 e.